The molecule has 30 heavy (non-hydrogen) atoms. The van der Waals surface area contributed by atoms with Gasteiger partial charge in [0.1, 0.15) is 0 Å². The number of benzene rings is 2. The third kappa shape index (κ3) is 4.86. The largest absolute Gasteiger partial charge is 0.348 e. The molecule has 1 amide bonds. The summed E-state index contributed by atoms with van der Waals surface area (Å²) in [6, 6.07) is 16.5. The molecule has 1 fully saturated rings. The highest BCUT2D eigenvalue weighted by molar-refractivity contribution is 6.06. The van der Waals surface area contributed by atoms with Crippen molar-refractivity contribution in [3.8, 4) is 0 Å². The third-order valence-corrected chi connectivity index (χ3v) is 5.78. The van der Waals surface area contributed by atoms with Gasteiger partial charge in [-0.1, -0.05) is 35.9 Å². The van der Waals surface area contributed by atoms with Crippen LogP contribution in [-0.2, 0) is 13.1 Å². The quantitative estimate of drug-likeness (QED) is 0.709. The minimum absolute atomic E-state index is 0.0550. The van der Waals surface area contributed by atoms with Gasteiger partial charge in [0, 0.05) is 50.3 Å². The summed E-state index contributed by atoms with van der Waals surface area (Å²) in [7, 11) is 2.18. The Balaban J connectivity index is 1.44. The Bertz CT molecular complexity index is 1050. The van der Waals surface area contributed by atoms with Gasteiger partial charge < -0.3 is 10.2 Å². The molecule has 0 saturated carbocycles. The predicted molar refractivity (Wildman–Crippen MR) is 122 cm³/mol. The Morgan fingerprint density at radius 1 is 1.00 bits per heavy atom. The second kappa shape index (κ2) is 8.94. The molecule has 2 aromatic carbocycles. The molecule has 1 saturated heterocycles. The fourth-order valence-electron chi connectivity index (χ4n) is 4.04. The molecule has 1 aliphatic heterocycles. The zero-order valence-corrected chi connectivity index (χ0v) is 18.1. The number of aromatic nitrogens is 1. The molecular formula is C25H30N4O. The number of nitrogens with one attached hydrogen (secondary N) is 1. The summed E-state index contributed by atoms with van der Waals surface area (Å²) in [5.41, 5.74) is 5.95. The van der Waals surface area contributed by atoms with Gasteiger partial charge in [-0.3, -0.25) is 14.7 Å². The van der Waals surface area contributed by atoms with Gasteiger partial charge in [-0.05, 0) is 50.2 Å². The van der Waals surface area contributed by atoms with Crippen molar-refractivity contribution in [3.05, 3.63) is 76.5 Å². The lowest BCUT2D eigenvalue weighted by Crippen LogP contribution is -2.43. The summed E-state index contributed by atoms with van der Waals surface area (Å²) >= 11 is 0. The van der Waals surface area contributed by atoms with Gasteiger partial charge in [0.15, 0.2) is 0 Å². The zero-order chi connectivity index (χ0) is 21.1. The summed E-state index contributed by atoms with van der Waals surface area (Å²) in [5, 5.41) is 4.01. The second-order valence-corrected chi connectivity index (χ2v) is 8.41. The number of carbonyl (C=O) groups excluding carboxylic acids is 1. The molecular weight excluding hydrogens is 372 g/mol. The van der Waals surface area contributed by atoms with Crippen LogP contribution in [0.3, 0.4) is 0 Å². The summed E-state index contributed by atoms with van der Waals surface area (Å²) in [4.78, 5) is 22.4. The van der Waals surface area contributed by atoms with E-state index in [1.807, 2.05) is 38.1 Å². The Morgan fingerprint density at radius 2 is 1.77 bits per heavy atom. The smallest absolute Gasteiger partial charge is 0.252 e. The molecule has 0 spiro atoms. The topological polar surface area (TPSA) is 48.5 Å². The number of fused-ring (bicyclic) bond motifs is 1. The maximum atomic E-state index is 13.0. The first-order valence-corrected chi connectivity index (χ1v) is 10.6. The Morgan fingerprint density at radius 3 is 2.57 bits per heavy atom. The number of piperazine rings is 1. The highest BCUT2D eigenvalue weighted by atomic mass is 16.1. The van der Waals surface area contributed by atoms with E-state index < -0.39 is 0 Å². The molecule has 1 aliphatic rings. The first-order chi connectivity index (χ1) is 14.5. The molecule has 5 nitrogen and oxygen atoms in total. The third-order valence-electron chi connectivity index (χ3n) is 5.78. The lowest BCUT2D eigenvalue weighted by atomic mass is 10.0. The van der Waals surface area contributed by atoms with Gasteiger partial charge in [-0.2, -0.15) is 0 Å². The van der Waals surface area contributed by atoms with Crippen molar-refractivity contribution in [2.24, 2.45) is 0 Å². The molecule has 4 rings (SSSR count). The lowest BCUT2D eigenvalue weighted by Gasteiger charge is -2.32. The number of carbonyl (C=O) groups is 1. The average Bonchev–Trinajstić information content (AvgIpc) is 2.74. The van der Waals surface area contributed by atoms with Crippen LogP contribution >= 0.6 is 0 Å². The van der Waals surface area contributed by atoms with Gasteiger partial charge in [0.05, 0.1) is 11.1 Å². The van der Waals surface area contributed by atoms with Crippen LogP contribution in [0, 0.1) is 13.8 Å². The van der Waals surface area contributed by atoms with Crippen LogP contribution in [0.2, 0.25) is 0 Å². The summed E-state index contributed by atoms with van der Waals surface area (Å²) in [6.07, 6.45) is 0. The summed E-state index contributed by atoms with van der Waals surface area (Å²) in [6.45, 7) is 9.89. The number of rotatable bonds is 5. The number of pyridine rings is 1. The minimum Gasteiger partial charge on any atom is -0.348 e. The van der Waals surface area contributed by atoms with E-state index in [2.05, 4.69) is 51.4 Å². The number of hydrogen-bond acceptors (Lipinski definition) is 4. The van der Waals surface area contributed by atoms with Crippen molar-refractivity contribution in [3.63, 3.8) is 0 Å². The fourth-order valence-corrected chi connectivity index (χ4v) is 4.04. The maximum absolute atomic E-state index is 13.0. The standard InChI is InChI=1S/C25H30N4O/c1-18-7-8-24-22(13-18)23(14-19(2)27-24)25(30)26-16-20-5-4-6-21(15-20)17-29-11-9-28(3)10-12-29/h4-8,13-15H,9-12,16-17H2,1-3H3,(H,26,30). The van der Waals surface area contributed by atoms with E-state index in [0.717, 1.165) is 60.4 Å². The summed E-state index contributed by atoms with van der Waals surface area (Å²) in [5.74, 6) is -0.0550. The van der Waals surface area contributed by atoms with Crippen molar-refractivity contribution in [2.45, 2.75) is 26.9 Å². The molecule has 3 aromatic rings. The number of amides is 1. The van der Waals surface area contributed by atoms with Crippen molar-refractivity contribution in [1.82, 2.24) is 20.1 Å². The van der Waals surface area contributed by atoms with E-state index in [9.17, 15) is 4.79 Å². The molecule has 0 atom stereocenters. The van der Waals surface area contributed by atoms with Crippen LogP contribution < -0.4 is 5.32 Å². The fraction of sp³-hybridized carbons (Fsp3) is 0.360. The predicted octanol–water partition coefficient (Wildman–Crippen LogP) is 3.53. The zero-order valence-electron chi connectivity index (χ0n) is 18.1. The van der Waals surface area contributed by atoms with Gasteiger partial charge in [-0.25, -0.2) is 0 Å². The van der Waals surface area contributed by atoms with E-state index in [4.69, 9.17) is 0 Å². The highest BCUT2D eigenvalue weighted by Gasteiger charge is 2.15. The van der Waals surface area contributed by atoms with Crippen LogP contribution in [0.5, 0.6) is 0 Å². The van der Waals surface area contributed by atoms with Crippen molar-refractivity contribution < 1.29 is 4.79 Å². The molecule has 2 heterocycles. The van der Waals surface area contributed by atoms with Crippen LogP contribution in [0.25, 0.3) is 10.9 Å². The summed E-state index contributed by atoms with van der Waals surface area (Å²) < 4.78 is 0. The Hall–Kier alpha value is -2.76. The molecule has 1 aromatic heterocycles. The number of aryl methyl sites for hydroxylation is 2. The normalized spacial score (nSPS) is 15.4. The lowest BCUT2D eigenvalue weighted by molar-refractivity contribution is 0.0952. The Labute approximate surface area is 178 Å². The van der Waals surface area contributed by atoms with Crippen LogP contribution in [0.15, 0.2) is 48.5 Å². The molecule has 0 bridgehead atoms. The molecule has 1 N–H and O–H groups in total. The van der Waals surface area contributed by atoms with Crippen molar-refractivity contribution >= 4 is 16.8 Å². The molecule has 0 unspecified atom stereocenters. The minimum atomic E-state index is -0.0550. The van der Waals surface area contributed by atoms with Crippen LogP contribution in [0.4, 0.5) is 0 Å². The van der Waals surface area contributed by atoms with Gasteiger partial charge in [0.25, 0.3) is 5.91 Å². The number of nitrogens with zero attached hydrogens (tertiary/aromatic N) is 3. The molecule has 5 heteroatoms. The van der Waals surface area contributed by atoms with E-state index in [1.54, 1.807) is 0 Å². The van der Waals surface area contributed by atoms with Gasteiger partial charge in [-0.15, -0.1) is 0 Å². The van der Waals surface area contributed by atoms with Crippen molar-refractivity contribution in [2.75, 3.05) is 33.2 Å². The van der Waals surface area contributed by atoms with Gasteiger partial charge >= 0.3 is 0 Å². The Kier molecular flexibility index (Phi) is 6.11. The van der Waals surface area contributed by atoms with E-state index >= 15 is 0 Å². The molecule has 156 valence electrons. The van der Waals surface area contributed by atoms with Crippen LogP contribution in [-0.4, -0.2) is 53.9 Å². The SMILES string of the molecule is Cc1ccc2nc(C)cc(C(=O)NCc3cccc(CN4CCN(C)CC4)c3)c2c1. The molecule has 0 radical (unpaired) electrons. The van der Waals surface area contributed by atoms with Crippen LogP contribution in [0.1, 0.15) is 32.7 Å². The highest BCUT2D eigenvalue weighted by Crippen LogP contribution is 2.20. The second-order valence-electron chi connectivity index (χ2n) is 8.41. The van der Waals surface area contributed by atoms with E-state index in [1.165, 1.54) is 5.56 Å². The monoisotopic (exact) mass is 402 g/mol. The average molecular weight is 403 g/mol. The number of likely N-dealkylation sites (N-methyl/N-ethyl adjacent to an activating group) is 1. The van der Waals surface area contributed by atoms with E-state index in [0.29, 0.717) is 12.1 Å². The van der Waals surface area contributed by atoms with Gasteiger partial charge in [0.2, 0.25) is 0 Å². The van der Waals surface area contributed by atoms with Crippen molar-refractivity contribution in [1.29, 1.82) is 0 Å². The first-order valence-electron chi connectivity index (χ1n) is 10.6. The maximum Gasteiger partial charge on any atom is 0.252 e. The first kappa shape index (κ1) is 20.5. The van der Waals surface area contributed by atoms with E-state index in [-0.39, 0.29) is 5.91 Å². The molecule has 0 aliphatic carbocycles. The number of hydrogen-bond donors (Lipinski definition) is 1.